The molecule has 1 N–H and O–H groups in total. The van der Waals surface area contributed by atoms with Gasteiger partial charge in [0, 0.05) is 6.42 Å². The summed E-state index contributed by atoms with van der Waals surface area (Å²) in [5.74, 6) is -0.442. The number of ether oxygens (including phenoxy) is 1. The van der Waals surface area contributed by atoms with Crippen LogP contribution in [0.25, 0.3) is 0 Å². The van der Waals surface area contributed by atoms with Crippen LogP contribution in [0, 0.1) is 0 Å². The summed E-state index contributed by atoms with van der Waals surface area (Å²) in [5.41, 5.74) is 0.0844. The summed E-state index contributed by atoms with van der Waals surface area (Å²) in [7, 11) is 0. The number of carboxylic acid groups (broad SMARTS) is 1. The summed E-state index contributed by atoms with van der Waals surface area (Å²) >= 11 is 0. The fourth-order valence-electron chi connectivity index (χ4n) is 2.63. The predicted octanol–water partition coefficient (Wildman–Crippen LogP) is 1.19. The van der Waals surface area contributed by atoms with Gasteiger partial charge in [0.05, 0.1) is 6.54 Å². The highest BCUT2D eigenvalue weighted by Gasteiger charge is 2.59. The van der Waals surface area contributed by atoms with E-state index < -0.39 is 23.7 Å². The van der Waals surface area contributed by atoms with Gasteiger partial charge >= 0.3 is 12.1 Å². The van der Waals surface area contributed by atoms with Crippen LogP contribution in [0.5, 0.6) is 0 Å². The van der Waals surface area contributed by atoms with Gasteiger partial charge in [0.15, 0.2) is 5.60 Å². The number of amides is 1. The Morgan fingerprint density at radius 1 is 1.41 bits per heavy atom. The molecule has 2 bridgehead atoms. The van der Waals surface area contributed by atoms with E-state index in [9.17, 15) is 9.59 Å². The molecule has 5 nitrogen and oxygen atoms in total. The molecule has 3 rings (SSSR count). The quantitative estimate of drug-likeness (QED) is 0.740. The SMILES string of the molecule is O=C1O[C@]2(c3ccccc3)C[C@H]1N(C(=O)O)C2. The van der Waals surface area contributed by atoms with Gasteiger partial charge in [-0.2, -0.15) is 0 Å². The fourth-order valence-corrected chi connectivity index (χ4v) is 2.63. The van der Waals surface area contributed by atoms with Crippen molar-refractivity contribution in [2.45, 2.75) is 18.1 Å². The van der Waals surface area contributed by atoms with Gasteiger partial charge in [-0.05, 0) is 5.56 Å². The minimum Gasteiger partial charge on any atom is -0.465 e. The molecule has 0 radical (unpaired) electrons. The van der Waals surface area contributed by atoms with Gasteiger partial charge in [0.25, 0.3) is 0 Å². The molecule has 1 amide bonds. The number of hydrogen-bond donors (Lipinski definition) is 1. The molecule has 2 fully saturated rings. The van der Waals surface area contributed by atoms with Crippen LogP contribution in [0.2, 0.25) is 0 Å². The van der Waals surface area contributed by atoms with E-state index in [1.807, 2.05) is 30.3 Å². The molecule has 0 aliphatic carbocycles. The van der Waals surface area contributed by atoms with Gasteiger partial charge in [-0.3, -0.25) is 4.90 Å². The second-order valence-electron chi connectivity index (χ2n) is 4.41. The standard InChI is InChI=1S/C12H11NO4/c14-10-9-6-12(17-10,7-13(9)11(15)16)8-4-2-1-3-5-8/h1-5,9H,6-7H2,(H,15,16)/t9-,12-/m1/s1. The van der Waals surface area contributed by atoms with Crippen molar-refractivity contribution in [3.8, 4) is 0 Å². The molecule has 0 aromatic heterocycles. The number of nitrogens with zero attached hydrogens (tertiary/aromatic N) is 1. The Kier molecular flexibility index (Phi) is 1.92. The third-order valence-corrected chi connectivity index (χ3v) is 3.44. The number of rotatable bonds is 1. The highest BCUT2D eigenvalue weighted by molar-refractivity contribution is 5.85. The van der Waals surface area contributed by atoms with Gasteiger partial charge in [-0.1, -0.05) is 30.3 Å². The zero-order valence-corrected chi connectivity index (χ0v) is 9.00. The molecular weight excluding hydrogens is 222 g/mol. The first-order chi connectivity index (χ1) is 8.12. The van der Waals surface area contributed by atoms with E-state index in [0.29, 0.717) is 6.42 Å². The number of fused-ring (bicyclic) bond motifs is 2. The summed E-state index contributed by atoms with van der Waals surface area (Å²) in [4.78, 5) is 23.8. The Labute approximate surface area is 97.6 Å². The van der Waals surface area contributed by atoms with E-state index in [4.69, 9.17) is 9.84 Å². The van der Waals surface area contributed by atoms with E-state index in [-0.39, 0.29) is 6.54 Å². The van der Waals surface area contributed by atoms with Crippen LogP contribution in [0.4, 0.5) is 4.79 Å². The number of carbonyl (C=O) groups excluding carboxylic acids is 1. The first-order valence-corrected chi connectivity index (χ1v) is 5.40. The lowest BCUT2D eigenvalue weighted by atomic mass is 9.93. The maximum Gasteiger partial charge on any atom is 0.408 e. The van der Waals surface area contributed by atoms with Gasteiger partial charge in [0.1, 0.15) is 6.04 Å². The molecule has 2 aliphatic rings. The van der Waals surface area contributed by atoms with Crippen LogP contribution in [0.1, 0.15) is 12.0 Å². The molecule has 0 unspecified atom stereocenters. The topological polar surface area (TPSA) is 66.8 Å². The van der Waals surface area contributed by atoms with Crippen molar-refractivity contribution in [2.75, 3.05) is 6.54 Å². The maximum absolute atomic E-state index is 11.6. The minimum absolute atomic E-state index is 0.225. The lowest BCUT2D eigenvalue weighted by Gasteiger charge is -2.30. The van der Waals surface area contributed by atoms with Crippen LogP contribution >= 0.6 is 0 Å². The van der Waals surface area contributed by atoms with Gasteiger partial charge in [0.2, 0.25) is 0 Å². The zero-order valence-electron chi connectivity index (χ0n) is 9.00. The van der Waals surface area contributed by atoms with Crippen molar-refractivity contribution in [1.82, 2.24) is 4.90 Å². The second kappa shape index (κ2) is 3.23. The molecule has 2 heterocycles. The van der Waals surface area contributed by atoms with Crippen molar-refractivity contribution < 1.29 is 19.4 Å². The van der Waals surface area contributed by atoms with E-state index in [2.05, 4.69) is 0 Å². The maximum atomic E-state index is 11.6. The number of benzene rings is 1. The Morgan fingerprint density at radius 2 is 2.12 bits per heavy atom. The Morgan fingerprint density at radius 3 is 2.71 bits per heavy atom. The zero-order chi connectivity index (χ0) is 12.0. The van der Waals surface area contributed by atoms with Gasteiger partial charge in [-0.25, -0.2) is 9.59 Å². The summed E-state index contributed by atoms with van der Waals surface area (Å²) in [6, 6.07) is 8.66. The van der Waals surface area contributed by atoms with Gasteiger partial charge in [-0.15, -0.1) is 0 Å². The normalized spacial score (nSPS) is 30.5. The van der Waals surface area contributed by atoms with Crippen LogP contribution in [0.15, 0.2) is 30.3 Å². The number of esters is 1. The van der Waals surface area contributed by atoms with E-state index >= 15 is 0 Å². The Hall–Kier alpha value is -2.04. The molecule has 0 saturated carbocycles. The van der Waals surface area contributed by atoms with Crippen molar-refractivity contribution in [3.05, 3.63) is 35.9 Å². The number of morpholine rings is 1. The molecule has 5 heteroatoms. The smallest absolute Gasteiger partial charge is 0.408 e. The van der Waals surface area contributed by atoms with Crippen molar-refractivity contribution >= 4 is 12.1 Å². The molecular formula is C12H11NO4. The Bertz CT molecular complexity index is 487. The van der Waals surface area contributed by atoms with Crippen molar-refractivity contribution in [2.24, 2.45) is 0 Å². The fraction of sp³-hybridized carbons (Fsp3) is 0.333. The summed E-state index contributed by atoms with van der Waals surface area (Å²) in [6.07, 6.45) is -0.647. The number of likely N-dealkylation sites (tertiary alicyclic amines) is 1. The largest absolute Gasteiger partial charge is 0.465 e. The third-order valence-electron chi connectivity index (χ3n) is 3.44. The summed E-state index contributed by atoms with van der Waals surface area (Å²) in [5, 5.41) is 9.03. The highest BCUT2D eigenvalue weighted by atomic mass is 16.6. The van der Waals surface area contributed by atoms with E-state index in [1.165, 1.54) is 4.90 Å². The minimum atomic E-state index is -1.07. The predicted molar refractivity (Wildman–Crippen MR) is 57.3 cm³/mol. The molecule has 17 heavy (non-hydrogen) atoms. The summed E-state index contributed by atoms with van der Waals surface area (Å²) in [6.45, 7) is 0.225. The van der Waals surface area contributed by atoms with Crippen LogP contribution in [-0.4, -0.2) is 34.7 Å². The second-order valence-corrected chi connectivity index (χ2v) is 4.41. The van der Waals surface area contributed by atoms with Crippen molar-refractivity contribution in [1.29, 1.82) is 0 Å². The van der Waals surface area contributed by atoms with Crippen LogP contribution < -0.4 is 0 Å². The number of carbonyl (C=O) groups is 2. The van der Waals surface area contributed by atoms with Crippen LogP contribution in [-0.2, 0) is 15.1 Å². The highest BCUT2D eigenvalue weighted by Crippen LogP contribution is 2.45. The van der Waals surface area contributed by atoms with E-state index in [0.717, 1.165) is 5.56 Å². The number of hydrogen-bond acceptors (Lipinski definition) is 3. The van der Waals surface area contributed by atoms with E-state index in [1.54, 1.807) is 0 Å². The van der Waals surface area contributed by atoms with Crippen molar-refractivity contribution in [3.63, 3.8) is 0 Å². The first-order valence-electron chi connectivity index (χ1n) is 5.40. The average molecular weight is 233 g/mol. The van der Waals surface area contributed by atoms with Gasteiger partial charge < -0.3 is 9.84 Å². The van der Waals surface area contributed by atoms with Crippen LogP contribution in [0.3, 0.4) is 0 Å². The monoisotopic (exact) mass is 233 g/mol. The summed E-state index contributed by atoms with van der Waals surface area (Å²) < 4.78 is 5.37. The first kappa shape index (κ1) is 10.1. The Balaban J connectivity index is 2.01. The lowest BCUT2D eigenvalue weighted by molar-refractivity contribution is -0.159. The average Bonchev–Trinajstić information content (AvgIpc) is 2.86. The molecule has 0 spiro atoms. The third kappa shape index (κ3) is 1.32. The lowest BCUT2D eigenvalue weighted by Crippen LogP contribution is -2.46. The molecule has 88 valence electrons. The molecule has 2 saturated heterocycles. The molecule has 1 aromatic carbocycles. The molecule has 2 aliphatic heterocycles. The molecule has 1 aromatic rings. The molecule has 2 atom stereocenters.